The number of rotatable bonds is 5. The number of carboxylic acid groups (broad SMARTS) is 1. The summed E-state index contributed by atoms with van der Waals surface area (Å²) in [5, 5.41) is 9.53. The van der Waals surface area contributed by atoms with Crippen LogP contribution in [0, 0.1) is 12.8 Å². The Labute approximate surface area is 131 Å². The molecule has 122 valence electrons. The van der Waals surface area contributed by atoms with E-state index in [1.54, 1.807) is 19.1 Å². The zero-order valence-corrected chi connectivity index (χ0v) is 13.7. The highest BCUT2D eigenvalue weighted by molar-refractivity contribution is 7.90. The fraction of sp³-hybridized carbons (Fsp3) is 0.562. The molecule has 1 fully saturated rings. The second kappa shape index (κ2) is 6.79. The summed E-state index contributed by atoms with van der Waals surface area (Å²) in [6.07, 6.45) is 3.48. The third kappa shape index (κ3) is 4.08. The maximum Gasteiger partial charge on any atom is 0.310 e. The van der Waals surface area contributed by atoms with Crippen molar-refractivity contribution in [1.29, 1.82) is 0 Å². The SMILES string of the molecule is Cc1cc(C(CC2CCOCC2)C(=O)O)ccc1S(C)(=O)=O. The van der Waals surface area contributed by atoms with Crippen molar-refractivity contribution < 1.29 is 23.1 Å². The van der Waals surface area contributed by atoms with Crippen molar-refractivity contribution in [2.75, 3.05) is 19.5 Å². The molecule has 0 spiro atoms. The molecule has 1 aromatic rings. The second-order valence-electron chi connectivity index (χ2n) is 5.98. The molecule has 6 heteroatoms. The van der Waals surface area contributed by atoms with Gasteiger partial charge in [0.1, 0.15) is 0 Å². The van der Waals surface area contributed by atoms with E-state index in [1.807, 2.05) is 0 Å². The lowest BCUT2D eigenvalue weighted by Crippen LogP contribution is -2.22. The molecule has 1 aliphatic heterocycles. The first-order chi connectivity index (χ1) is 10.3. The Morgan fingerprint density at radius 3 is 2.50 bits per heavy atom. The van der Waals surface area contributed by atoms with Crippen molar-refractivity contribution in [3.8, 4) is 0 Å². The lowest BCUT2D eigenvalue weighted by Gasteiger charge is -2.25. The quantitative estimate of drug-likeness (QED) is 0.898. The van der Waals surface area contributed by atoms with Gasteiger partial charge in [0.25, 0.3) is 0 Å². The molecule has 1 N–H and O–H groups in total. The molecule has 22 heavy (non-hydrogen) atoms. The van der Waals surface area contributed by atoms with E-state index in [-0.39, 0.29) is 4.90 Å². The van der Waals surface area contributed by atoms with Crippen LogP contribution in [0.4, 0.5) is 0 Å². The summed E-state index contributed by atoms with van der Waals surface area (Å²) in [6, 6.07) is 4.83. The van der Waals surface area contributed by atoms with Crippen molar-refractivity contribution in [2.45, 2.75) is 37.0 Å². The van der Waals surface area contributed by atoms with Crippen LogP contribution in [-0.4, -0.2) is 39.0 Å². The van der Waals surface area contributed by atoms with E-state index < -0.39 is 21.7 Å². The Balaban J connectivity index is 2.25. The van der Waals surface area contributed by atoms with Gasteiger partial charge in [0, 0.05) is 19.5 Å². The smallest absolute Gasteiger partial charge is 0.310 e. The molecule has 0 saturated carbocycles. The van der Waals surface area contributed by atoms with Gasteiger partial charge in [-0.2, -0.15) is 0 Å². The third-order valence-corrected chi connectivity index (χ3v) is 5.47. The Kier molecular flexibility index (Phi) is 5.24. The molecule has 0 aliphatic carbocycles. The lowest BCUT2D eigenvalue weighted by atomic mass is 9.85. The molecule has 5 nitrogen and oxygen atoms in total. The number of hydrogen-bond acceptors (Lipinski definition) is 4. The number of hydrogen-bond donors (Lipinski definition) is 1. The summed E-state index contributed by atoms with van der Waals surface area (Å²) in [6.45, 7) is 3.07. The van der Waals surface area contributed by atoms with Crippen molar-refractivity contribution in [3.05, 3.63) is 29.3 Å². The molecular weight excluding hydrogens is 304 g/mol. The Morgan fingerprint density at radius 2 is 2.00 bits per heavy atom. The van der Waals surface area contributed by atoms with Crippen LogP contribution < -0.4 is 0 Å². The zero-order chi connectivity index (χ0) is 16.3. The fourth-order valence-electron chi connectivity index (χ4n) is 3.00. The van der Waals surface area contributed by atoms with Crippen LogP contribution in [0.5, 0.6) is 0 Å². The second-order valence-corrected chi connectivity index (χ2v) is 7.96. The van der Waals surface area contributed by atoms with Gasteiger partial charge in [-0.15, -0.1) is 0 Å². The van der Waals surface area contributed by atoms with Crippen LogP contribution in [0.1, 0.15) is 36.3 Å². The molecule has 1 aliphatic rings. The summed E-state index contributed by atoms with van der Waals surface area (Å²) in [5.74, 6) is -1.13. The first-order valence-electron chi connectivity index (χ1n) is 7.40. The average Bonchev–Trinajstić information content (AvgIpc) is 2.44. The van der Waals surface area contributed by atoms with E-state index in [4.69, 9.17) is 4.74 Å². The summed E-state index contributed by atoms with van der Waals surface area (Å²) in [5.41, 5.74) is 1.27. The number of ether oxygens (including phenoxy) is 1. The predicted molar refractivity (Wildman–Crippen MR) is 82.8 cm³/mol. The standard InChI is InChI=1S/C16H22O5S/c1-11-9-13(3-4-15(11)22(2,19)20)14(16(17)18)10-12-5-7-21-8-6-12/h3-4,9,12,14H,5-8,10H2,1-2H3,(H,17,18). The van der Waals surface area contributed by atoms with E-state index in [2.05, 4.69) is 0 Å². The zero-order valence-electron chi connectivity index (χ0n) is 12.9. The molecule has 2 rings (SSSR count). The van der Waals surface area contributed by atoms with Crippen LogP contribution in [0.2, 0.25) is 0 Å². The minimum atomic E-state index is -3.29. The largest absolute Gasteiger partial charge is 0.481 e. The number of aliphatic carboxylic acids is 1. The molecule has 0 amide bonds. The van der Waals surface area contributed by atoms with Crippen LogP contribution in [0.15, 0.2) is 23.1 Å². The van der Waals surface area contributed by atoms with Crippen molar-refractivity contribution >= 4 is 15.8 Å². The number of benzene rings is 1. The minimum Gasteiger partial charge on any atom is -0.481 e. The maximum absolute atomic E-state index is 11.7. The fourth-order valence-corrected chi connectivity index (χ4v) is 3.96. The van der Waals surface area contributed by atoms with Crippen molar-refractivity contribution in [1.82, 2.24) is 0 Å². The molecule has 1 unspecified atom stereocenters. The molecule has 1 saturated heterocycles. The van der Waals surface area contributed by atoms with E-state index in [9.17, 15) is 18.3 Å². The summed E-state index contributed by atoms with van der Waals surface area (Å²) in [4.78, 5) is 11.9. The number of carboxylic acids is 1. The van der Waals surface area contributed by atoms with Crippen LogP contribution >= 0.6 is 0 Å². The van der Waals surface area contributed by atoms with Gasteiger partial charge in [0.05, 0.1) is 10.8 Å². The van der Waals surface area contributed by atoms with Gasteiger partial charge < -0.3 is 9.84 Å². The highest BCUT2D eigenvalue weighted by Crippen LogP contribution is 2.31. The van der Waals surface area contributed by atoms with Gasteiger partial charge in [-0.1, -0.05) is 12.1 Å². The Hall–Kier alpha value is -1.40. The highest BCUT2D eigenvalue weighted by atomic mass is 32.2. The molecule has 0 radical (unpaired) electrons. The van der Waals surface area contributed by atoms with Crippen LogP contribution in [0.25, 0.3) is 0 Å². The number of aryl methyl sites for hydroxylation is 1. The average molecular weight is 326 g/mol. The number of sulfone groups is 1. The van der Waals surface area contributed by atoms with Gasteiger partial charge in [0.2, 0.25) is 0 Å². The van der Waals surface area contributed by atoms with Gasteiger partial charge in [-0.25, -0.2) is 8.42 Å². The predicted octanol–water partition coefficient (Wildman–Crippen LogP) is 2.38. The van der Waals surface area contributed by atoms with Gasteiger partial charge >= 0.3 is 5.97 Å². The monoisotopic (exact) mass is 326 g/mol. The molecule has 1 heterocycles. The van der Waals surface area contributed by atoms with E-state index in [0.717, 1.165) is 19.1 Å². The Bertz CT molecular complexity index is 645. The molecule has 1 aromatic carbocycles. The van der Waals surface area contributed by atoms with E-state index in [0.29, 0.717) is 36.7 Å². The van der Waals surface area contributed by atoms with Gasteiger partial charge in [-0.05, 0) is 49.3 Å². The molecule has 0 bridgehead atoms. The van der Waals surface area contributed by atoms with Gasteiger partial charge in [-0.3, -0.25) is 4.79 Å². The van der Waals surface area contributed by atoms with E-state index in [1.165, 1.54) is 6.07 Å². The summed E-state index contributed by atoms with van der Waals surface area (Å²) >= 11 is 0. The topological polar surface area (TPSA) is 80.7 Å². The first kappa shape index (κ1) is 17.0. The first-order valence-corrected chi connectivity index (χ1v) is 9.29. The maximum atomic E-state index is 11.7. The Morgan fingerprint density at radius 1 is 1.36 bits per heavy atom. The minimum absolute atomic E-state index is 0.256. The van der Waals surface area contributed by atoms with Crippen molar-refractivity contribution in [2.24, 2.45) is 5.92 Å². The lowest BCUT2D eigenvalue weighted by molar-refractivity contribution is -0.139. The summed E-state index contributed by atoms with van der Waals surface area (Å²) < 4.78 is 28.6. The molecule has 0 aromatic heterocycles. The summed E-state index contributed by atoms with van der Waals surface area (Å²) in [7, 11) is -3.29. The normalized spacial score (nSPS) is 18.1. The highest BCUT2D eigenvalue weighted by Gasteiger charge is 2.26. The third-order valence-electron chi connectivity index (χ3n) is 4.21. The van der Waals surface area contributed by atoms with Gasteiger partial charge in [0.15, 0.2) is 9.84 Å². The molecular formula is C16H22O5S. The van der Waals surface area contributed by atoms with Crippen LogP contribution in [0.3, 0.4) is 0 Å². The molecule has 1 atom stereocenters. The number of carbonyl (C=O) groups is 1. The van der Waals surface area contributed by atoms with Crippen LogP contribution in [-0.2, 0) is 19.4 Å². The van der Waals surface area contributed by atoms with Crippen molar-refractivity contribution in [3.63, 3.8) is 0 Å². The van der Waals surface area contributed by atoms with E-state index >= 15 is 0 Å².